The first-order valence-corrected chi connectivity index (χ1v) is 10.3. The summed E-state index contributed by atoms with van der Waals surface area (Å²) in [4.78, 5) is 7.60. The molecule has 5 rings (SSSR count). The first-order valence-electron chi connectivity index (χ1n) is 9.47. The van der Waals surface area contributed by atoms with Crippen LogP contribution in [0.4, 0.5) is 0 Å². The standard InChI is InChI=1S/C21H24BrN3/c1-24-11-8-14(9-12-24)16-5-3-7-18-19(16)23-21(22)17-6-2-4-15-10-13-25(18)20(15)17/h3,6-7,10,13-14,16H,2,4-5,8-9,11-12H2,1H3. The van der Waals surface area contributed by atoms with E-state index in [9.17, 15) is 0 Å². The van der Waals surface area contributed by atoms with Crippen molar-refractivity contribution in [1.29, 1.82) is 0 Å². The maximum Gasteiger partial charge on any atom is 0.115 e. The van der Waals surface area contributed by atoms with Crippen LogP contribution in [-0.2, 0) is 6.42 Å². The van der Waals surface area contributed by atoms with Gasteiger partial charge < -0.3 is 9.47 Å². The third kappa shape index (κ3) is 2.53. The molecule has 1 unspecified atom stereocenters. The molecule has 3 heterocycles. The minimum absolute atomic E-state index is 0.542. The maximum atomic E-state index is 5.15. The Morgan fingerprint density at radius 3 is 2.92 bits per heavy atom. The first-order chi connectivity index (χ1) is 12.2. The van der Waals surface area contributed by atoms with Gasteiger partial charge in [-0.2, -0.15) is 0 Å². The Morgan fingerprint density at radius 2 is 2.08 bits per heavy atom. The molecule has 1 aromatic rings. The van der Waals surface area contributed by atoms with Gasteiger partial charge in [0.25, 0.3) is 0 Å². The van der Waals surface area contributed by atoms with Crippen molar-refractivity contribution in [1.82, 2.24) is 9.47 Å². The van der Waals surface area contributed by atoms with E-state index in [0.717, 1.165) is 29.8 Å². The van der Waals surface area contributed by atoms with Crippen LogP contribution < -0.4 is 0 Å². The van der Waals surface area contributed by atoms with Gasteiger partial charge in [0.05, 0.1) is 17.1 Å². The van der Waals surface area contributed by atoms with Crippen LogP contribution in [0.25, 0.3) is 11.3 Å². The van der Waals surface area contributed by atoms with E-state index in [4.69, 9.17) is 4.99 Å². The zero-order valence-electron chi connectivity index (χ0n) is 14.7. The molecule has 1 atom stereocenters. The van der Waals surface area contributed by atoms with Gasteiger partial charge in [-0.15, -0.1) is 0 Å². The largest absolute Gasteiger partial charge is 0.314 e. The molecule has 4 aliphatic rings. The van der Waals surface area contributed by atoms with Crippen molar-refractivity contribution in [3.8, 4) is 0 Å². The normalized spacial score (nSPS) is 26.7. The molecule has 0 spiro atoms. The number of rotatable bonds is 1. The third-order valence-electron chi connectivity index (χ3n) is 6.30. The summed E-state index contributed by atoms with van der Waals surface area (Å²) in [7, 11) is 2.24. The average molecular weight is 398 g/mol. The molecule has 2 aliphatic heterocycles. The predicted molar refractivity (Wildman–Crippen MR) is 108 cm³/mol. The Hall–Kier alpha value is -1.39. The van der Waals surface area contributed by atoms with Crippen LogP contribution in [0.3, 0.4) is 0 Å². The van der Waals surface area contributed by atoms with Crippen molar-refractivity contribution in [2.24, 2.45) is 16.8 Å². The summed E-state index contributed by atoms with van der Waals surface area (Å²) in [6, 6.07) is 2.30. The van der Waals surface area contributed by atoms with Crippen LogP contribution in [0.2, 0.25) is 0 Å². The molecule has 1 aromatic heterocycles. The van der Waals surface area contributed by atoms with Gasteiger partial charge >= 0.3 is 0 Å². The number of hydrogen-bond donors (Lipinski definition) is 0. The fourth-order valence-corrected chi connectivity index (χ4v) is 5.44. The van der Waals surface area contributed by atoms with E-state index in [1.807, 2.05) is 0 Å². The van der Waals surface area contributed by atoms with Crippen LogP contribution in [0.1, 0.15) is 36.9 Å². The molecule has 2 aliphatic carbocycles. The second kappa shape index (κ2) is 6.10. The highest BCUT2D eigenvalue weighted by Crippen LogP contribution is 2.43. The first kappa shape index (κ1) is 15.8. The molecule has 130 valence electrons. The number of nitrogens with zero attached hydrogens (tertiary/aromatic N) is 3. The fraction of sp³-hybridized carbons (Fsp3) is 0.476. The lowest BCUT2D eigenvalue weighted by molar-refractivity contribution is 0.184. The van der Waals surface area contributed by atoms with E-state index in [2.05, 4.69) is 62.9 Å². The number of likely N-dealkylation sites (tertiary alicyclic amines) is 1. The smallest absolute Gasteiger partial charge is 0.115 e. The number of piperidine rings is 1. The van der Waals surface area contributed by atoms with Crippen molar-refractivity contribution < 1.29 is 0 Å². The summed E-state index contributed by atoms with van der Waals surface area (Å²) >= 11 is 3.81. The Labute approximate surface area is 157 Å². The summed E-state index contributed by atoms with van der Waals surface area (Å²) in [6.45, 7) is 2.42. The van der Waals surface area contributed by atoms with Crippen LogP contribution in [0, 0.1) is 11.8 Å². The van der Waals surface area contributed by atoms with Crippen molar-refractivity contribution >= 4 is 31.8 Å². The van der Waals surface area contributed by atoms with Gasteiger partial charge in [0, 0.05) is 17.7 Å². The SMILES string of the molecule is CN1CCC(C2CC=CC3=C2N=C(Br)C2=CCCc4ccn3c42)CC1. The van der Waals surface area contributed by atoms with E-state index in [-0.39, 0.29) is 0 Å². The Morgan fingerprint density at radius 1 is 1.24 bits per heavy atom. The number of hydrogen-bond acceptors (Lipinski definition) is 2. The quantitative estimate of drug-likeness (QED) is 0.671. The van der Waals surface area contributed by atoms with Crippen molar-refractivity contribution in [3.05, 3.63) is 47.4 Å². The van der Waals surface area contributed by atoms with Gasteiger partial charge in [-0.25, -0.2) is 4.99 Å². The lowest BCUT2D eigenvalue weighted by atomic mass is 9.78. The number of aryl methyl sites for hydroxylation is 1. The number of halogens is 1. The molecule has 3 nitrogen and oxygen atoms in total. The second-order valence-electron chi connectivity index (χ2n) is 7.77. The third-order valence-corrected chi connectivity index (χ3v) is 6.90. The van der Waals surface area contributed by atoms with Crippen molar-refractivity contribution in [3.63, 3.8) is 0 Å². The highest BCUT2D eigenvalue weighted by atomic mass is 79.9. The Bertz CT molecular complexity index is 831. The maximum absolute atomic E-state index is 5.15. The average Bonchev–Trinajstić information content (AvgIpc) is 3.01. The fourth-order valence-electron chi connectivity index (χ4n) is 4.90. The van der Waals surface area contributed by atoms with Crippen LogP contribution in [0.5, 0.6) is 0 Å². The topological polar surface area (TPSA) is 20.5 Å². The molecule has 25 heavy (non-hydrogen) atoms. The number of aromatic nitrogens is 1. The molecular formula is C21H24BrN3. The molecule has 0 N–H and O–H groups in total. The van der Waals surface area contributed by atoms with Crippen LogP contribution in [0.15, 0.2) is 41.2 Å². The van der Waals surface area contributed by atoms with Gasteiger partial charge in [-0.1, -0.05) is 12.2 Å². The molecule has 4 heteroatoms. The Balaban J connectivity index is 1.63. The molecule has 1 fully saturated rings. The predicted octanol–water partition coefficient (Wildman–Crippen LogP) is 4.71. The lowest BCUT2D eigenvalue weighted by Crippen LogP contribution is -2.34. The van der Waals surface area contributed by atoms with Crippen LogP contribution in [-0.4, -0.2) is 34.2 Å². The molecule has 0 radical (unpaired) electrons. The molecule has 0 bridgehead atoms. The molecule has 0 aromatic carbocycles. The zero-order valence-corrected chi connectivity index (χ0v) is 16.3. The number of aliphatic imine (C=N–C) groups is 1. The minimum atomic E-state index is 0.542. The van der Waals surface area contributed by atoms with E-state index in [1.165, 1.54) is 54.2 Å². The zero-order chi connectivity index (χ0) is 17.0. The Kier molecular flexibility index (Phi) is 3.86. The summed E-state index contributed by atoms with van der Waals surface area (Å²) in [5, 5.41) is 0. The van der Waals surface area contributed by atoms with Gasteiger partial charge in [0.15, 0.2) is 0 Å². The second-order valence-corrected chi connectivity index (χ2v) is 8.53. The van der Waals surface area contributed by atoms with E-state index < -0.39 is 0 Å². The van der Waals surface area contributed by atoms with E-state index in [0.29, 0.717) is 5.92 Å². The van der Waals surface area contributed by atoms with Gasteiger partial charge in [0.1, 0.15) is 4.62 Å². The van der Waals surface area contributed by atoms with Crippen molar-refractivity contribution in [2.75, 3.05) is 20.1 Å². The van der Waals surface area contributed by atoms with Crippen molar-refractivity contribution in [2.45, 2.75) is 32.1 Å². The summed E-state index contributed by atoms with van der Waals surface area (Å²) in [5.74, 6) is 1.28. The molecule has 0 amide bonds. The lowest BCUT2D eigenvalue weighted by Gasteiger charge is -2.35. The summed E-state index contributed by atoms with van der Waals surface area (Å²) < 4.78 is 3.41. The van der Waals surface area contributed by atoms with Gasteiger partial charge in [-0.3, -0.25) is 0 Å². The van der Waals surface area contributed by atoms with Crippen LogP contribution >= 0.6 is 15.9 Å². The highest BCUT2D eigenvalue weighted by molar-refractivity contribution is 9.18. The van der Waals surface area contributed by atoms with E-state index in [1.54, 1.807) is 0 Å². The monoisotopic (exact) mass is 397 g/mol. The number of fused-ring (bicyclic) bond motifs is 1. The van der Waals surface area contributed by atoms with Gasteiger partial charge in [0.2, 0.25) is 0 Å². The molecular weight excluding hydrogens is 374 g/mol. The number of allylic oxidation sites excluding steroid dienone is 6. The minimum Gasteiger partial charge on any atom is -0.314 e. The molecule has 0 saturated carbocycles. The summed E-state index contributed by atoms with van der Waals surface area (Å²) in [5.41, 5.74) is 6.65. The van der Waals surface area contributed by atoms with E-state index >= 15 is 0 Å². The molecule has 1 saturated heterocycles. The summed E-state index contributed by atoms with van der Waals surface area (Å²) in [6.07, 6.45) is 15.2. The highest BCUT2D eigenvalue weighted by Gasteiger charge is 2.34. The van der Waals surface area contributed by atoms with Gasteiger partial charge in [-0.05, 0) is 91.8 Å².